The van der Waals surface area contributed by atoms with Crippen LogP contribution in [-0.2, 0) is 6.54 Å². The highest BCUT2D eigenvalue weighted by atomic mass is 19.1. The number of hydrogen-bond donors (Lipinski definition) is 1. The van der Waals surface area contributed by atoms with Crippen LogP contribution in [0.1, 0.15) is 45.1 Å². The van der Waals surface area contributed by atoms with Crippen LogP contribution >= 0.6 is 0 Å². The first-order valence-corrected chi connectivity index (χ1v) is 7.44. The first-order chi connectivity index (χ1) is 9.60. The lowest BCUT2D eigenvalue weighted by Gasteiger charge is -2.14. The second-order valence-corrected chi connectivity index (χ2v) is 5.75. The summed E-state index contributed by atoms with van der Waals surface area (Å²) in [7, 11) is 0. The quantitative estimate of drug-likeness (QED) is 0.777. The van der Waals surface area contributed by atoms with Gasteiger partial charge in [0.1, 0.15) is 0 Å². The van der Waals surface area contributed by atoms with E-state index in [0.29, 0.717) is 30.7 Å². The van der Waals surface area contributed by atoms with E-state index in [-0.39, 0.29) is 5.75 Å². The van der Waals surface area contributed by atoms with Crippen molar-refractivity contribution in [3.05, 3.63) is 29.3 Å². The van der Waals surface area contributed by atoms with Crippen molar-refractivity contribution in [2.45, 2.75) is 52.1 Å². The minimum atomic E-state index is -0.610. The van der Waals surface area contributed by atoms with Crippen LogP contribution in [0.5, 0.6) is 5.75 Å². The predicted molar refractivity (Wildman–Crippen MR) is 75.8 cm³/mol. The summed E-state index contributed by atoms with van der Waals surface area (Å²) in [6.45, 7) is 4.96. The lowest BCUT2D eigenvalue weighted by Crippen LogP contribution is -2.16. The molecule has 1 unspecified atom stereocenters. The van der Waals surface area contributed by atoms with Crippen LogP contribution < -0.4 is 10.1 Å². The third-order valence-corrected chi connectivity index (χ3v) is 3.52. The molecule has 0 heterocycles. The summed E-state index contributed by atoms with van der Waals surface area (Å²) >= 11 is 0. The molecule has 0 amide bonds. The molecule has 2 rings (SSSR count). The summed E-state index contributed by atoms with van der Waals surface area (Å²) in [5, 5.41) is 3.24. The first kappa shape index (κ1) is 15.2. The van der Waals surface area contributed by atoms with Crippen molar-refractivity contribution in [1.29, 1.82) is 0 Å². The maximum absolute atomic E-state index is 13.9. The number of rotatable bonds is 8. The molecule has 1 atom stereocenters. The molecule has 112 valence electrons. The second kappa shape index (κ2) is 7.02. The first-order valence-electron chi connectivity index (χ1n) is 7.44. The van der Waals surface area contributed by atoms with Gasteiger partial charge in [0.05, 0.1) is 6.61 Å². The topological polar surface area (TPSA) is 21.3 Å². The van der Waals surface area contributed by atoms with Gasteiger partial charge >= 0.3 is 0 Å². The molecule has 1 saturated carbocycles. The van der Waals surface area contributed by atoms with Gasteiger partial charge in [-0.25, -0.2) is 8.78 Å². The predicted octanol–water partition coefficient (Wildman–Crippen LogP) is 4.03. The monoisotopic (exact) mass is 283 g/mol. The fraction of sp³-hybridized carbons (Fsp3) is 0.625. The van der Waals surface area contributed by atoms with Gasteiger partial charge in [-0.2, -0.15) is 0 Å². The van der Waals surface area contributed by atoms with Crippen LogP contribution in [0.2, 0.25) is 0 Å². The van der Waals surface area contributed by atoms with E-state index in [1.54, 1.807) is 0 Å². The molecule has 0 radical (unpaired) electrons. The normalized spacial score (nSPS) is 16.2. The van der Waals surface area contributed by atoms with Gasteiger partial charge in [0, 0.05) is 12.6 Å². The summed E-state index contributed by atoms with van der Waals surface area (Å²) in [5.74, 6) is -1.17. The molecule has 1 aliphatic carbocycles. The number of halogens is 2. The molecule has 0 aliphatic heterocycles. The smallest absolute Gasteiger partial charge is 0.190 e. The largest absolute Gasteiger partial charge is 0.487 e. The van der Waals surface area contributed by atoms with Crippen LogP contribution in [0.25, 0.3) is 0 Å². The Morgan fingerprint density at radius 1 is 1.30 bits per heavy atom. The summed E-state index contributed by atoms with van der Waals surface area (Å²) in [5.41, 5.74) is 0.626. The molecule has 0 aromatic heterocycles. The molecule has 2 nitrogen and oxygen atoms in total. The summed E-state index contributed by atoms with van der Waals surface area (Å²) in [6, 6.07) is 3.24. The van der Waals surface area contributed by atoms with Gasteiger partial charge in [0.2, 0.25) is 0 Å². The average Bonchev–Trinajstić information content (AvgIpc) is 3.19. The fourth-order valence-corrected chi connectivity index (χ4v) is 2.20. The molecule has 1 aromatic rings. The van der Waals surface area contributed by atoms with Gasteiger partial charge in [0.15, 0.2) is 17.4 Å². The zero-order valence-electron chi connectivity index (χ0n) is 12.2. The Bertz CT molecular complexity index is 423. The molecular weight excluding hydrogens is 260 g/mol. The second-order valence-electron chi connectivity index (χ2n) is 5.75. The molecule has 1 fully saturated rings. The molecule has 4 heteroatoms. The minimum absolute atomic E-state index is 0.247. The molecule has 1 N–H and O–H groups in total. The third kappa shape index (κ3) is 4.44. The summed E-state index contributed by atoms with van der Waals surface area (Å²) in [4.78, 5) is 0. The third-order valence-electron chi connectivity index (χ3n) is 3.52. The molecule has 20 heavy (non-hydrogen) atoms. The Hall–Kier alpha value is -1.16. The van der Waals surface area contributed by atoms with Gasteiger partial charge in [-0.3, -0.25) is 0 Å². The maximum atomic E-state index is 13.9. The highest BCUT2D eigenvalue weighted by Gasteiger charge is 2.21. The minimum Gasteiger partial charge on any atom is -0.487 e. The zero-order valence-corrected chi connectivity index (χ0v) is 12.2. The Kier molecular flexibility index (Phi) is 5.35. The number of nitrogens with one attached hydrogen (secondary N) is 1. The van der Waals surface area contributed by atoms with Gasteiger partial charge in [0.25, 0.3) is 0 Å². The molecule has 0 saturated heterocycles. The highest BCUT2D eigenvalue weighted by Crippen LogP contribution is 2.25. The van der Waals surface area contributed by atoms with Crippen molar-refractivity contribution in [1.82, 2.24) is 5.32 Å². The maximum Gasteiger partial charge on any atom is 0.190 e. The number of hydrogen-bond acceptors (Lipinski definition) is 2. The zero-order chi connectivity index (χ0) is 14.5. The van der Waals surface area contributed by atoms with E-state index in [0.717, 1.165) is 25.7 Å². The van der Waals surface area contributed by atoms with Crippen molar-refractivity contribution >= 4 is 0 Å². The van der Waals surface area contributed by atoms with Crippen molar-refractivity contribution in [2.75, 3.05) is 6.61 Å². The van der Waals surface area contributed by atoms with Gasteiger partial charge < -0.3 is 10.1 Å². The standard InChI is InChI=1S/C16H23F2NO/c1-3-4-11(2)10-20-16-14(17)7-12(8-15(16)18)9-19-13-5-6-13/h7-8,11,13,19H,3-6,9-10H2,1-2H3. The van der Waals surface area contributed by atoms with Crippen molar-refractivity contribution in [2.24, 2.45) is 5.92 Å². The summed E-state index contributed by atoms with van der Waals surface area (Å²) in [6.07, 6.45) is 4.34. The van der Waals surface area contributed by atoms with Crippen LogP contribution in [0.3, 0.4) is 0 Å². The molecule has 0 bridgehead atoms. The lowest BCUT2D eigenvalue weighted by atomic mass is 10.1. The summed E-state index contributed by atoms with van der Waals surface area (Å²) < 4.78 is 33.1. The van der Waals surface area contributed by atoms with E-state index in [1.165, 1.54) is 12.1 Å². The van der Waals surface area contributed by atoms with Gasteiger partial charge in [-0.1, -0.05) is 20.3 Å². The van der Waals surface area contributed by atoms with Gasteiger partial charge in [-0.05, 0) is 42.9 Å². The van der Waals surface area contributed by atoms with Crippen molar-refractivity contribution < 1.29 is 13.5 Å². The Labute approximate surface area is 119 Å². The Morgan fingerprint density at radius 2 is 1.95 bits per heavy atom. The van der Waals surface area contributed by atoms with Crippen LogP contribution in [-0.4, -0.2) is 12.6 Å². The fourth-order valence-electron chi connectivity index (χ4n) is 2.20. The van der Waals surface area contributed by atoms with Crippen LogP contribution in [0.15, 0.2) is 12.1 Å². The van der Waals surface area contributed by atoms with Crippen molar-refractivity contribution in [3.63, 3.8) is 0 Å². The van der Waals surface area contributed by atoms with Crippen molar-refractivity contribution in [3.8, 4) is 5.75 Å². The van der Waals surface area contributed by atoms with E-state index in [2.05, 4.69) is 12.2 Å². The number of ether oxygens (including phenoxy) is 1. The molecular formula is C16H23F2NO. The average molecular weight is 283 g/mol. The number of benzene rings is 1. The highest BCUT2D eigenvalue weighted by molar-refractivity contribution is 5.31. The van der Waals surface area contributed by atoms with E-state index in [4.69, 9.17) is 4.74 Å². The molecule has 1 aromatic carbocycles. The molecule has 0 spiro atoms. The van der Waals surface area contributed by atoms with E-state index in [1.807, 2.05) is 6.92 Å². The van der Waals surface area contributed by atoms with E-state index >= 15 is 0 Å². The Balaban J connectivity index is 1.94. The van der Waals surface area contributed by atoms with Crippen LogP contribution in [0, 0.1) is 17.6 Å². The SMILES string of the molecule is CCCC(C)COc1c(F)cc(CNC2CC2)cc1F. The van der Waals surface area contributed by atoms with Crippen LogP contribution in [0.4, 0.5) is 8.78 Å². The van der Waals surface area contributed by atoms with E-state index in [9.17, 15) is 8.78 Å². The van der Waals surface area contributed by atoms with E-state index < -0.39 is 11.6 Å². The van der Waals surface area contributed by atoms with Gasteiger partial charge in [-0.15, -0.1) is 0 Å². The lowest BCUT2D eigenvalue weighted by molar-refractivity contribution is 0.231. The molecule has 1 aliphatic rings. The Morgan fingerprint density at radius 3 is 2.50 bits per heavy atom.